The van der Waals surface area contributed by atoms with Crippen LogP contribution in [-0.4, -0.2) is 17.0 Å². The molecule has 0 spiro atoms. The number of aryl methyl sites for hydroxylation is 1. The van der Waals surface area contributed by atoms with Crippen molar-refractivity contribution in [1.29, 1.82) is 0 Å². The Bertz CT molecular complexity index is 989. The summed E-state index contributed by atoms with van der Waals surface area (Å²) in [4.78, 5) is 16.1. The fourth-order valence-corrected chi connectivity index (χ4v) is 2.63. The zero-order valence-electron chi connectivity index (χ0n) is 15.9. The lowest BCUT2D eigenvalue weighted by atomic mass is 10.2. The molecule has 5 nitrogen and oxygen atoms in total. The number of carbonyl (C=O) groups is 1. The van der Waals surface area contributed by atoms with E-state index >= 15 is 0 Å². The predicted molar refractivity (Wildman–Crippen MR) is 106 cm³/mol. The smallest absolute Gasteiger partial charge is 0.257 e. The van der Waals surface area contributed by atoms with Crippen LogP contribution in [0.3, 0.4) is 0 Å². The number of anilines is 1. The minimum absolute atomic E-state index is 0.0678. The molecular weight excluding hydrogens is 359 g/mol. The Kier molecular flexibility index (Phi) is 5.89. The lowest BCUT2D eigenvalue weighted by Gasteiger charge is -2.12. The third-order valence-corrected chi connectivity index (χ3v) is 3.80. The van der Waals surface area contributed by atoms with Crippen molar-refractivity contribution in [2.45, 2.75) is 26.9 Å². The second-order valence-electron chi connectivity index (χ2n) is 6.49. The first-order valence-corrected chi connectivity index (χ1v) is 8.90. The maximum atomic E-state index is 13.1. The van der Waals surface area contributed by atoms with Gasteiger partial charge < -0.3 is 14.8 Å². The van der Waals surface area contributed by atoms with Crippen LogP contribution in [0.15, 0.2) is 60.7 Å². The summed E-state index contributed by atoms with van der Waals surface area (Å²) in [5.74, 6) is 0.924. The molecule has 0 unspecified atom stereocenters. The molecule has 144 valence electrons. The van der Waals surface area contributed by atoms with Crippen molar-refractivity contribution in [2.75, 3.05) is 5.32 Å². The largest absolute Gasteiger partial charge is 0.491 e. The molecule has 0 radical (unpaired) electrons. The standard InChI is InChI=1S/C22H21FN2O3/c1-14(2)27-18-8-5-9-19(13-18)28-17-7-4-6-16(12-17)25-22(26)20-10-11-21(23)24-15(20)3/h4-14H,1-3H3,(H,25,26). The fourth-order valence-electron chi connectivity index (χ4n) is 2.63. The van der Waals surface area contributed by atoms with Gasteiger partial charge in [0.15, 0.2) is 0 Å². The molecule has 1 N–H and O–H groups in total. The van der Waals surface area contributed by atoms with E-state index in [1.54, 1.807) is 37.3 Å². The Morgan fingerprint density at radius 1 is 1.00 bits per heavy atom. The van der Waals surface area contributed by atoms with Gasteiger partial charge in [0.1, 0.15) is 17.2 Å². The van der Waals surface area contributed by atoms with Crippen LogP contribution in [0.2, 0.25) is 0 Å². The van der Waals surface area contributed by atoms with Gasteiger partial charge >= 0.3 is 0 Å². The molecule has 0 bridgehead atoms. The van der Waals surface area contributed by atoms with Gasteiger partial charge in [0.25, 0.3) is 5.91 Å². The maximum Gasteiger partial charge on any atom is 0.257 e. The van der Waals surface area contributed by atoms with Crippen molar-refractivity contribution in [3.8, 4) is 17.2 Å². The number of nitrogens with zero attached hydrogens (tertiary/aromatic N) is 1. The number of nitrogens with one attached hydrogen (secondary N) is 1. The van der Waals surface area contributed by atoms with E-state index in [4.69, 9.17) is 9.47 Å². The van der Waals surface area contributed by atoms with E-state index in [1.165, 1.54) is 6.07 Å². The molecule has 0 aliphatic carbocycles. The van der Waals surface area contributed by atoms with Crippen molar-refractivity contribution >= 4 is 11.6 Å². The Morgan fingerprint density at radius 3 is 2.39 bits per heavy atom. The number of ether oxygens (including phenoxy) is 2. The highest BCUT2D eigenvalue weighted by Gasteiger charge is 2.12. The fraction of sp³-hybridized carbons (Fsp3) is 0.182. The zero-order valence-corrected chi connectivity index (χ0v) is 15.9. The average molecular weight is 380 g/mol. The molecule has 1 aromatic heterocycles. The van der Waals surface area contributed by atoms with E-state index in [0.29, 0.717) is 28.4 Å². The number of halogens is 1. The summed E-state index contributed by atoms with van der Waals surface area (Å²) >= 11 is 0. The van der Waals surface area contributed by atoms with Gasteiger partial charge in [-0.2, -0.15) is 4.39 Å². The van der Waals surface area contributed by atoms with Crippen LogP contribution in [0, 0.1) is 12.9 Å². The summed E-state index contributed by atoms with van der Waals surface area (Å²) in [6.07, 6.45) is 0.0678. The number of rotatable bonds is 6. The molecule has 0 atom stereocenters. The van der Waals surface area contributed by atoms with Gasteiger partial charge in [0.2, 0.25) is 5.95 Å². The van der Waals surface area contributed by atoms with Crippen LogP contribution >= 0.6 is 0 Å². The summed E-state index contributed by atoms with van der Waals surface area (Å²) < 4.78 is 24.7. The van der Waals surface area contributed by atoms with Gasteiger partial charge in [0.05, 0.1) is 17.4 Å². The summed E-state index contributed by atoms with van der Waals surface area (Å²) in [6, 6.07) is 16.9. The number of hydrogen-bond donors (Lipinski definition) is 1. The lowest BCUT2D eigenvalue weighted by Crippen LogP contribution is -2.14. The van der Waals surface area contributed by atoms with E-state index in [-0.39, 0.29) is 12.0 Å². The summed E-state index contributed by atoms with van der Waals surface area (Å²) in [5.41, 5.74) is 1.19. The van der Waals surface area contributed by atoms with Crippen LogP contribution in [0.5, 0.6) is 17.2 Å². The topological polar surface area (TPSA) is 60.5 Å². The summed E-state index contributed by atoms with van der Waals surface area (Å²) in [5, 5.41) is 2.78. The van der Waals surface area contributed by atoms with E-state index < -0.39 is 5.95 Å². The van der Waals surface area contributed by atoms with E-state index in [2.05, 4.69) is 10.3 Å². The number of hydrogen-bond acceptors (Lipinski definition) is 4. The molecule has 0 aliphatic rings. The van der Waals surface area contributed by atoms with Crippen molar-refractivity contribution in [3.05, 3.63) is 77.9 Å². The Labute approximate surface area is 163 Å². The van der Waals surface area contributed by atoms with Gasteiger partial charge in [-0.1, -0.05) is 12.1 Å². The Morgan fingerprint density at radius 2 is 1.68 bits per heavy atom. The third kappa shape index (κ3) is 5.07. The first-order chi connectivity index (χ1) is 13.4. The van der Waals surface area contributed by atoms with Gasteiger partial charge in [0, 0.05) is 17.8 Å². The summed E-state index contributed by atoms with van der Waals surface area (Å²) in [6.45, 7) is 5.50. The monoisotopic (exact) mass is 380 g/mol. The lowest BCUT2D eigenvalue weighted by molar-refractivity contribution is 0.102. The number of carbonyl (C=O) groups excluding carboxylic acids is 1. The number of aromatic nitrogens is 1. The molecule has 1 heterocycles. The van der Waals surface area contributed by atoms with Crippen LogP contribution in [0.1, 0.15) is 29.9 Å². The second-order valence-corrected chi connectivity index (χ2v) is 6.49. The minimum atomic E-state index is -0.617. The third-order valence-electron chi connectivity index (χ3n) is 3.80. The first kappa shape index (κ1) is 19.4. The predicted octanol–water partition coefficient (Wildman–Crippen LogP) is 5.36. The van der Waals surface area contributed by atoms with Crippen molar-refractivity contribution in [1.82, 2.24) is 4.98 Å². The van der Waals surface area contributed by atoms with Crippen molar-refractivity contribution in [2.24, 2.45) is 0 Å². The summed E-state index contributed by atoms with van der Waals surface area (Å²) in [7, 11) is 0. The first-order valence-electron chi connectivity index (χ1n) is 8.90. The number of benzene rings is 2. The van der Waals surface area contributed by atoms with Crippen molar-refractivity contribution in [3.63, 3.8) is 0 Å². The van der Waals surface area contributed by atoms with E-state index in [0.717, 1.165) is 11.8 Å². The van der Waals surface area contributed by atoms with Gasteiger partial charge in [-0.15, -0.1) is 0 Å². The van der Waals surface area contributed by atoms with Gasteiger partial charge in [-0.25, -0.2) is 4.98 Å². The molecule has 0 fully saturated rings. The molecule has 3 rings (SSSR count). The van der Waals surface area contributed by atoms with Gasteiger partial charge in [-0.3, -0.25) is 4.79 Å². The van der Waals surface area contributed by atoms with E-state index in [1.807, 2.05) is 32.0 Å². The van der Waals surface area contributed by atoms with E-state index in [9.17, 15) is 9.18 Å². The van der Waals surface area contributed by atoms with Crippen LogP contribution in [0.25, 0.3) is 0 Å². The second kappa shape index (κ2) is 8.52. The molecule has 6 heteroatoms. The highest BCUT2D eigenvalue weighted by Crippen LogP contribution is 2.27. The van der Waals surface area contributed by atoms with Gasteiger partial charge in [-0.05, 0) is 57.2 Å². The number of amides is 1. The molecule has 0 saturated carbocycles. The molecular formula is C22H21FN2O3. The molecule has 1 amide bonds. The van der Waals surface area contributed by atoms with Crippen molar-refractivity contribution < 1.29 is 18.7 Å². The number of pyridine rings is 1. The van der Waals surface area contributed by atoms with Crippen LogP contribution < -0.4 is 14.8 Å². The normalized spacial score (nSPS) is 10.6. The minimum Gasteiger partial charge on any atom is -0.491 e. The van der Waals surface area contributed by atoms with Crippen LogP contribution in [-0.2, 0) is 0 Å². The highest BCUT2D eigenvalue weighted by atomic mass is 19.1. The highest BCUT2D eigenvalue weighted by molar-refractivity contribution is 6.05. The maximum absolute atomic E-state index is 13.1. The van der Waals surface area contributed by atoms with Crippen LogP contribution in [0.4, 0.5) is 10.1 Å². The average Bonchev–Trinajstić information content (AvgIpc) is 2.61. The Balaban J connectivity index is 1.73. The molecule has 0 aliphatic heterocycles. The molecule has 2 aromatic carbocycles. The SMILES string of the molecule is Cc1nc(F)ccc1C(=O)Nc1cccc(Oc2cccc(OC(C)C)c2)c1. The molecule has 28 heavy (non-hydrogen) atoms. The Hall–Kier alpha value is -3.41. The molecule has 0 saturated heterocycles. The quantitative estimate of drug-likeness (QED) is 0.585. The zero-order chi connectivity index (χ0) is 20.1. The molecule has 3 aromatic rings.